The van der Waals surface area contributed by atoms with Crippen molar-refractivity contribution in [3.05, 3.63) is 57.3 Å². The molecule has 1 saturated heterocycles. The Kier molecular flexibility index (Phi) is 7.28. The molecule has 0 bridgehead atoms. The number of carbonyl (C=O) groups is 1. The van der Waals surface area contributed by atoms with Gasteiger partial charge in [0.1, 0.15) is 0 Å². The van der Waals surface area contributed by atoms with Crippen LogP contribution in [0.5, 0.6) is 0 Å². The van der Waals surface area contributed by atoms with E-state index >= 15 is 0 Å². The van der Waals surface area contributed by atoms with Gasteiger partial charge in [0.25, 0.3) is 5.91 Å². The maximum Gasteiger partial charge on any atom is 0.254 e. The number of ether oxygens (including phenoxy) is 1. The molecule has 0 spiro atoms. The molecule has 2 aromatic rings. The van der Waals surface area contributed by atoms with E-state index in [0.29, 0.717) is 25.2 Å². The Bertz CT molecular complexity index is 837. The van der Waals surface area contributed by atoms with Crippen LogP contribution in [0.4, 0.5) is 0 Å². The van der Waals surface area contributed by atoms with E-state index in [1.54, 1.807) is 18.4 Å². The lowest BCUT2D eigenvalue weighted by molar-refractivity contribution is -0.0586. The number of nitrogens with one attached hydrogen (secondary N) is 2. The van der Waals surface area contributed by atoms with Crippen LogP contribution in [0.1, 0.15) is 40.2 Å². The number of morpholine rings is 1. The van der Waals surface area contributed by atoms with Gasteiger partial charge in [-0.1, -0.05) is 12.1 Å². The first-order chi connectivity index (χ1) is 14.0. The molecule has 2 N–H and O–H groups in total. The molecule has 1 aliphatic heterocycles. The molecule has 2 heterocycles. The predicted molar refractivity (Wildman–Crippen MR) is 118 cm³/mol. The molecule has 3 rings (SSSR count). The number of hydrogen-bond acceptors (Lipinski definition) is 4. The molecular formula is C22H30N4O2S. The fourth-order valence-electron chi connectivity index (χ4n) is 3.45. The number of aryl methyl sites for hydroxylation is 1. The second kappa shape index (κ2) is 9.89. The van der Waals surface area contributed by atoms with Crippen LogP contribution < -0.4 is 10.6 Å². The highest BCUT2D eigenvalue weighted by Gasteiger charge is 2.26. The zero-order valence-electron chi connectivity index (χ0n) is 17.6. The summed E-state index contributed by atoms with van der Waals surface area (Å²) in [5.41, 5.74) is 3.11. The van der Waals surface area contributed by atoms with E-state index in [1.165, 1.54) is 10.4 Å². The van der Waals surface area contributed by atoms with E-state index < -0.39 is 0 Å². The van der Waals surface area contributed by atoms with Crippen molar-refractivity contribution in [2.24, 2.45) is 4.99 Å². The number of amides is 1. The molecule has 2 atom stereocenters. The molecule has 0 aliphatic carbocycles. The molecule has 1 aliphatic rings. The summed E-state index contributed by atoms with van der Waals surface area (Å²) in [7, 11) is 1.77. The molecule has 0 radical (unpaired) electrons. The van der Waals surface area contributed by atoms with E-state index in [9.17, 15) is 4.79 Å². The van der Waals surface area contributed by atoms with Crippen molar-refractivity contribution < 1.29 is 9.53 Å². The number of rotatable bonds is 5. The molecule has 1 aromatic carbocycles. The maximum absolute atomic E-state index is 12.8. The van der Waals surface area contributed by atoms with Gasteiger partial charge >= 0.3 is 0 Å². The molecule has 7 heteroatoms. The number of nitrogens with zero attached hydrogens (tertiary/aromatic N) is 2. The van der Waals surface area contributed by atoms with E-state index in [0.717, 1.165) is 18.1 Å². The van der Waals surface area contributed by atoms with Crippen molar-refractivity contribution in [1.29, 1.82) is 0 Å². The van der Waals surface area contributed by atoms with Crippen LogP contribution in [-0.4, -0.2) is 49.1 Å². The third-order valence-corrected chi connectivity index (χ3v) is 6.00. The van der Waals surface area contributed by atoms with Gasteiger partial charge in [0.05, 0.1) is 18.8 Å². The third-order valence-electron chi connectivity index (χ3n) is 4.98. The number of aliphatic imine (C=N–C) groups is 1. The van der Waals surface area contributed by atoms with E-state index in [-0.39, 0.29) is 18.1 Å². The summed E-state index contributed by atoms with van der Waals surface area (Å²) in [6, 6.07) is 9.90. The summed E-state index contributed by atoms with van der Waals surface area (Å²) in [6.45, 7) is 8.80. The van der Waals surface area contributed by atoms with Crippen LogP contribution in [0.3, 0.4) is 0 Å². The standard InChI is InChI=1S/C22H30N4O2S/c1-15-9-10-29-20(15)12-25-22(23-4)24-11-18-5-7-19(8-6-18)21(27)26-13-16(2)28-17(3)14-26/h5-10,16-17H,11-14H2,1-4H3,(H2,23,24,25). The molecule has 29 heavy (non-hydrogen) atoms. The Hall–Kier alpha value is -2.38. The van der Waals surface area contributed by atoms with Crippen molar-refractivity contribution in [2.45, 2.75) is 46.1 Å². The molecule has 2 unspecified atom stereocenters. The normalized spacial score (nSPS) is 19.9. The number of guanidine groups is 1. The first-order valence-corrected chi connectivity index (χ1v) is 10.9. The number of carbonyl (C=O) groups excluding carboxylic acids is 1. The molecule has 1 fully saturated rings. The SMILES string of the molecule is CN=C(NCc1ccc(C(=O)N2CC(C)OC(C)C2)cc1)NCc1sccc1C. The Morgan fingerprint density at radius 2 is 1.79 bits per heavy atom. The molecule has 1 amide bonds. The van der Waals surface area contributed by atoms with Crippen molar-refractivity contribution in [3.8, 4) is 0 Å². The van der Waals surface area contributed by atoms with Crippen LogP contribution in [0.2, 0.25) is 0 Å². The van der Waals surface area contributed by atoms with Crippen molar-refractivity contribution >= 4 is 23.2 Å². The Morgan fingerprint density at radius 3 is 2.38 bits per heavy atom. The van der Waals surface area contributed by atoms with Crippen LogP contribution in [0.25, 0.3) is 0 Å². The molecule has 0 saturated carbocycles. The van der Waals surface area contributed by atoms with Crippen molar-refractivity contribution in [2.75, 3.05) is 20.1 Å². The summed E-state index contributed by atoms with van der Waals surface area (Å²) in [5, 5.41) is 8.76. The lowest BCUT2D eigenvalue weighted by Gasteiger charge is -2.35. The van der Waals surface area contributed by atoms with Gasteiger partial charge in [-0.15, -0.1) is 11.3 Å². The van der Waals surface area contributed by atoms with Crippen molar-refractivity contribution in [1.82, 2.24) is 15.5 Å². The minimum atomic E-state index is 0.0651. The molecule has 1 aromatic heterocycles. The predicted octanol–water partition coefficient (Wildman–Crippen LogP) is 3.17. The minimum Gasteiger partial charge on any atom is -0.372 e. The van der Waals surface area contributed by atoms with Crippen LogP contribution in [0.15, 0.2) is 40.7 Å². The van der Waals surface area contributed by atoms with E-state index in [1.807, 2.05) is 43.0 Å². The van der Waals surface area contributed by atoms with Gasteiger partial charge < -0.3 is 20.3 Å². The van der Waals surface area contributed by atoms with Gasteiger partial charge in [-0.2, -0.15) is 0 Å². The number of thiophene rings is 1. The highest BCUT2D eigenvalue weighted by atomic mass is 32.1. The third kappa shape index (κ3) is 5.81. The summed E-state index contributed by atoms with van der Waals surface area (Å²) < 4.78 is 5.72. The van der Waals surface area contributed by atoms with Gasteiger partial charge in [-0.05, 0) is 55.5 Å². The van der Waals surface area contributed by atoms with Gasteiger partial charge in [-0.3, -0.25) is 9.79 Å². The van der Waals surface area contributed by atoms with Gasteiger partial charge in [0, 0.05) is 37.1 Å². The quantitative estimate of drug-likeness (QED) is 0.583. The second-order valence-electron chi connectivity index (χ2n) is 7.47. The van der Waals surface area contributed by atoms with Gasteiger partial charge in [0.15, 0.2) is 5.96 Å². The number of benzene rings is 1. The van der Waals surface area contributed by atoms with E-state index in [4.69, 9.17) is 4.74 Å². The Balaban J connectivity index is 1.52. The van der Waals surface area contributed by atoms with Gasteiger partial charge in [-0.25, -0.2) is 0 Å². The van der Waals surface area contributed by atoms with Crippen LogP contribution >= 0.6 is 11.3 Å². The fraction of sp³-hybridized carbons (Fsp3) is 0.455. The zero-order valence-corrected chi connectivity index (χ0v) is 18.4. The average Bonchev–Trinajstić information content (AvgIpc) is 3.12. The van der Waals surface area contributed by atoms with Gasteiger partial charge in [0.2, 0.25) is 0 Å². The van der Waals surface area contributed by atoms with Crippen LogP contribution in [0, 0.1) is 6.92 Å². The summed E-state index contributed by atoms with van der Waals surface area (Å²) in [5.74, 6) is 0.824. The topological polar surface area (TPSA) is 66.0 Å². The second-order valence-corrected chi connectivity index (χ2v) is 8.47. The summed E-state index contributed by atoms with van der Waals surface area (Å²) >= 11 is 1.74. The van der Waals surface area contributed by atoms with Crippen molar-refractivity contribution in [3.63, 3.8) is 0 Å². The highest BCUT2D eigenvalue weighted by Crippen LogP contribution is 2.16. The zero-order chi connectivity index (χ0) is 20.8. The number of hydrogen-bond donors (Lipinski definition) is 2. The monoisotopic (exact) mass is 414 g/mol. The first kappa shape index (κ1) is 21.3. The lowest BCUT2D eigenvalue weighted by atomic mass is 10.1. The lowest BCUT2D eigenvalue weighted by Crippen LogP contribution is -2.48. The van der Waals surface area contributed by atoms with Crippen LogP contribution in [-0.2, 0) is 17.8 Å². The molecule has 156 valence electrons. The highest BCUT2D eigenvalue weighted by molar-refractivity contribution is 7.10. The molecular weight excluding hydrogens is 384 g/mol. The minimum absolute atomic E-state index is 0.0651. The first-order valence-electron chi connectivity index (χ1n) is 9.97. The molecule has 6 nitrogen and oxygen atoms in total. The summed E-state index contributed by atoms with van der Waals surface area (Å²) in [6.07, 6.45) is 0.145. The van der Waals surface area contributed by atoms with E-state index in [2.05, 4.69) is 34.0 Å². The average molecular weight is 415 g/mol. The largest absolute Gasteiger partial charge is 0.372 e. The Labute approximate surface area is 177 Å². The fourth-order valence-corrected chi connectivity index (χ4v) is 4.29. The maximum atomic E-state index is 12.8. The summed E-state index contributed by atoms with van der Waals surface area (Å²) in [4.78, 5) is 20.2. The Morgan fingerprint density at radius 1 is 1.14 bits per heavy atom. The smallest absolute Gasteiger partial charge is 0.254 e.